The number of nitrogens with zero attached hydrogens (tertiary/aromatic N) is 1. The Kier molecular flexibility index (Phi) is 3.31. The molecule has 1 aromatic carbocycles. The third-order valence-electron chi connectivity index (χ3n) is 2.18. The average molecular weight is 249 g/mol. The second-order valence-electron chi connectivity index (χ2n) is 3.36. The van der Waals surface area contributed by atoms with Gasteiger partial charge in [-0.05, 0) is 12.1 Å². The number of aliphatic imine (C=N–C) groups is 1. The summed E-state index contributed by atoms with van der Waals surface area (Å²) in [5, 5.41) is 3.12. The Hall–Kier alpha value is -1.99. The number of amidine groups is 1. The number of amides is 1. The standard InChI is InChI=1S/C12H9ClN2O2/c1-2-7-14-12-15-11(16)10(17-12)8-3-5-9(13)6-4-8/h1,3-6,10H,7H2,(H,14,15,16). The van der Waals surface area contributed by atoms with Gasteiger partial charge in [-0.25, -0.2) is 4.99 Å². The minimum absolute atomic E-state index is 0.160. The van der Waals surface area contributed by atoms with Gasteiger partial charge in [-0.2, -0.15) is 0 Å². The minimum Gasteiger partial charge on any atom is -0.447 e. The number of halogens is 1. The molecule has 1 fully saturated rings. The highest BCUT2D eigenvalue weighted by Gasteiger charge is 2.31. The van der Waals surface area contributed by atoms with Crippen molar-refractivity contribution in [3.63, 3.8) is 0 Å². The first-order valence-corrected chi connectivity index (χ1v) is 5.29. The summed E-state index contributed by atoms with van der Waals surface area (Å²) in [6.45, 7) is 0.170. The smallest absolute Gasteiger partial charge is 0.293 e. The number of benzene rings is 1. The molecule has 5 heteroatoms. The predicted octanol–water partition coefficient (Wildman–Crippen LogP) is 1.52. The number of rotatable bonds is 2. The Morgan fingerprint density at radius 2 is 2.18 bits per heavy atom. The van der Waals surface area contributed by atoms with Crippen LogP contribution >= 0.6 is 11.6 Å². The van der Waals surface area contributed by atoms with Crippen molar-refractivity contribution in [2.24, 2.45) is 4.99 Å². The highest BCUT2D eigenvalue weighted by atomic mass is 35.5. The van der Waals surface area contributed by atoms with Crippen LogP contribution in [0.1, 0.15) is 11.7 Å². The van der Waals surface area contributed by atoms with Gasteiger partial charge in [-0.1, -0.05) is 29.7 Å². The normalized spacial score (nSPS) is 20.8. The van der Waals surface area contributed by atoms with Gasteiger partial charge in [-0.3, -0.25) is 10.1 Å². The van der Waals surface area contributed by atoms with Crippen LogP contribution in [-0.4, -0.2) is 18.5 Å². The fourth-order valence-electron chi connectivity index (χ4n) is 1.42. The van der Waals surface area contributed by atoms with E-state index < -0.39 is 6.10 Å². The lowest BCUT2D eigenvalue weighted by Crippen LogP contribution is -2.22. The molecule has 1 aliphatic rings. The van der Waals surface area contributed by atoms with E-state index in [9.17, 15) is 4.79 Å². The quantitative estimate of drug-likeness (QED) is 0.807. The molecule has 1 aromatic rings. The monoisotopic (exact) mass is 248 g/mol. The van der Waals surface area contributed by atoms with E-state index >= 15 is 0 Å². The van der Waals surface area contributed by atoms with E-state index in [0.29, 0.717) is 5.02 Å². The third-order valence-corrected chi connectivity index (χ3v) is 2.44. The SMILES string of the molecule is C#CCN=C1NC(=O)C(c2ccc(Cl)cc2)O1. The molecule has 1 amide bonds. The number of ether oxygens (including phenoxy) is 1. The molecule has 1 N–H and O–H groups in total. The van der Waals surface area contributed by atoms with Crippen molar-refractivity contribution in [1.82, 2.24) is 5.32 Å². The molecule has 17 heavy (non-hydrogen) atoms. The Bertz CT molecular complexity index is 502. The van der Waals surface area contributed by atoms with Crippen molar-refractivity contribution in [3.05, 3.63) is 34.9 Å². The Morgan fingerprint density at radius 3 is 2.82 bits per heavy atom. The Morgan fingerprint density at radius 1 is 1.47 bits per heavy atom. The molecule has 0 spiro atoms. The maximum Gasteiger partial charge on any atom is 0.293 e. The maximum absolute atomic E-state index is 11.6. The minimum atomic E-state index is -0.691. The lowest BCUT2D eigenvalue weighted by atomic mass is 10.1. The first kappa shape index (κ1) is 11.5. The second kappa shape index (κ2) is 4.89. The van der Waals surface area contributed by atoms with Gasteiger partial charge in [0, 0.05) is 10.6 Å². The van der Waals surface area contributed by atoms with Gasteiger partial charge in [-0.15, -0.1) is 6.42 Å². The first-order valence-electron chi connectivity index (χ1n) is 4.91. The number of carbonyl (C=O) groups is 1. The molecule has 4 nitrogen and oxygen atoms in total. The summed E-state index contributed by atoms with van der Waals surface area (Å²) < 4.78 is 5.35. The molecule has 1 heterocycles. The molecule has 1 aliphatic heterocycles. The molecular formula is C12H9ClN2O2. The van der Waals surface area contributed by atoms with Gasteiger partial charge < -0.3 is 4.74 Å². The van der Waals surface area contributed by atoms with Crippen LogP contribution in [0, 0.1) is 12.3 Å². The van der Waals surface area contributed by atoms with Crippen LogP contribution in [0.15, 0.2) is 29.3 Å². The Labute approximate surface area is 104 Å². The fourth-order valence-corrected chi connectivity index (χ4v) is 1.54. The highest BCUT2D eigenvalue weighted by molar-refractivity contribution is 6.30. The van der Waals surface area contributed by atoms with Crippen LogP contribution in [0.25, 0.3) is 0 Å². The van der Waals surface area contributed by atoms with Gasteiger partial charge in [0.1, 0.15) is 6.54 Å². The summed E-state index contributed by atoms with van der Waals surface area (Å²) in [5.74, 6) is 2.07. The molecule has 0 aromatic heterocycles. The van der Waals surface area contributed by atoms with Crippen LogP contribution in [-0.2, 0) is 9.53 Å². The third kappa shape index (κ3) is 2.58. The van der Waals surface area contributed by atoms with Crippen molar-refractivity contribution in [3.8, 4) is 12.3 Å². The topological polar surface area (TPSA) is 50.7 Å². The van der Waals surface area contributed by atoms with Crippen LogP contribution in [0.3, 0.4) is 0 Å². The molecule has 1 unspecified atom stereocenters. The first-order chi connectivity index (χ1) is 8.20. The summed E-state index contributed by atoms with van der Waals surface area (Å²) in [7, 11) is 0. The molecule has 86 valence electrons. The van der Waals surface area contributed by atoms with Gasteiger partial charge in [0.25, 0.3) is 11.9 Å². The summed E-state index contributed by atoms with van der Waals surface area (Å²) in [5.41, 5.74) is 0.720. The lowest BCUT2D eigenvalue weighted by molar-refractivity contribution is -0.123. The lowest BCUT2D eigenvalue weighted by Gasteiger charge is -2.06. The summed E-state index contributed by atoms with van der Waals surface area (Å²) in [6, 6.07) is 7.02. The number of nitrogens with one attached hydrogen (secondary N) is 1. The number of hydrogen-bond donors (Lipinski definition) is 1. The molecule has 1 saturated heterocycles. The van der Waals surface area contributed by atoms with E-state index in [2.05, 4.69) is 16.2 Å². The maximum atomic E-state index is 11.6. The summed E-state index contributed by atoms with van der Waals surface area (Å²) in [4.78, 5) is 15.5. The zero-order valence-electron chi connectivity index (χ0n) is 8.81. The van der Waals surface area contributed by atoms with E-state index in [-0.39, 0.29) is 18.5 Å². The van der Waals surface area contributed by atoms with Crippen LogP contribution in [0.5, 0.6) is 0 Å². The molecule has 1 atom stereocenters. The van der Waals surface area contributed by atoms with Crippen LogP contribution in [0.4, 0.5) is 0 Å². The van der Waals surface area contributed by atoms with Crippen molar-refractivity contribution >= 4 is 23.5 Å². The van der Waals surface area contributed by atoms with E-state index in [1.807, 2.05) is 0 Å². The summed E-state index contributed by atoms with van der Waals surface area (Å²) in [6.07, 6.45) is 4.37. The number of terminal acetylenes is 1. The molecule has 0 saturated carbocycles. The zero-order chi connectivity index (χ0) is 12.3. The fraction of sp³-hybridized carbons (Fsp3) is 0.167. The molecular weight excluding hydrogens is 240 g/mol. The van der Waals surface area contributed by atoms with E-state index in [4.69, 9.17) is 22.8 Å². The second-order valence-corrected chi connectivity index (χ2v) is 3.80. The molecule has 0 bridgehead atoms. The van der Waals surface area contributed by atoms with E-state index in [1.54, 1.807) is 24.3 Å². The van der Waals surface area contributed by atoms with Crippen LogP contribution in [0.2, 0.25) is 5.02 Å². The van der Waals surface area contributed by atoms with E-state index in [0.717, 1.165) is 5.56 Å². The van der Waals surface area contributed by atoms with Gasteiger partial charge >= 0.3 is 0 Å². The predicted molar refractivity (Wildman–Crippen MR) is 64.6 cm³/mol. The van der Waals surface area contributed by atoms with Crippen molar-refractivity contribution in [2.45, 2.75) is 6.10 Å². The van der Waals surface area contributed by atoms with Gasteiger partial charge in [0.2, 0.25) is 6.10 Å². The van der Waals surface area contributed by atoms with Crippen molar-refractivity contribution < 1.29 is 9.53 Å². The molecule has 0 radical (unpaired) electrons. The van der Waals surface area contributed by atoms with E-state index in [1.165, 1.54) is 0 Å². The summed E-state index contributed by atoms with van der Waals surface area (Å²) >= 11 is 5.76. The van der Waals surface area contributed by atoms with Crippen molar-refractivity contribution in [2.75, 3.05) is 6.54 Å². The van der Waals surface area contributed by atoms with Crippen molar-refractivity contribution in [1.29, 1.82) is 0 Å². The zero-order valence-corrected chi connectivity index (χ0v) is 9.57. The van der Waals surface area contributed by atoms with Gasteiger partial charge in [0.15, 0.2) is 0 Å². The largest absolute Gasteiger partial charge is 0.447 e. The van der Waals surface area contributed by atoms with Crippen LogP contribution < -0.4 is 5.32 Å². The molecule has 0 aliphatic carbocycles. The number of carbonyl (C=O) groups excluding carboxylic acids is 1. The Balaban J connectivity index is 2.16. The average Bonchev–Trinajstić information content (AvgIpc) is 2.69. The highest BCUT2D eigenvalue weighted by Crippen LogP contribution is 2.23. The molecule has 2 rings (SSSR count). The number of hydrogen-bond acceptors (Lipinski definition) is 3. The van der Waals surface area contributed by atoms with Gasteiger partial charge in [0.05, 0.1) is 0 Å².